The molecule has 0 radical (unpaired) electrons. The molecule has 1 saturated heterocycles. The van der Waals surface area contributed by atoms with Crippen molar-refractivity contribution < 1.29 is 9.47 Å². The van der Waals surface area contributed by atoms with Crippen LogP contribution in [0.25, 0.3) is 0 Å². The molecule has 4 heteroatoms. The molecule has 1 N–H and O–H groups in total. The number of hydrogen-bond acceptors (Lipinski definition) is 4. The first-order valence-corrected chi connectivity index (χ1v) is 7.41. The number of methoxy groups -OCH3 is 1. The average Bonchev–Trinajstić information content (AvgIpc) is 3.19. The van der Waals surface area contributed by atoms with Crippen LogP contribution in [0.1, 0.15) is 32.6 Å². The van der Waals surface area contributed by atoms with Crippen molar-refractivity contribution in [3.63, 3.8) is 0 Å². The summed E-state index contributed by atoms with van der Waals surface area (Å²) < 4.78 is 11.2. The molecule has 2 fully saturated rings. The van der Waals surface area contributed by atoms with E-state index in [-0.39, 0.29) is 0 Å². The van der Waals surface area contributed by atoms with Crippen molar-refractivity contribution in [1.82, 2.24) is 10.2 Å². The number of nitrogens with one attached hydrogen (secondary N) is 1. The number of piperidine rings is 1. The maximum absolute atomic E-state index is 5.78. The normalized spacial score (nSPS) is 27.3. The third kappa shape index (κ3) is 4.50. The lowest BCUT2D eigenvalue weighted by Gasteiger charge is -2.38. The number of hydrogen-bond donors (Lipinski definition) is 1. The molecule has 2 aliphatic rings. The van der Waals surface area contributed by atoms with Gasteiger partial charge in [-0.2, -0.15) is 0 Å². The monoisotopic (exact) mass is 256 g/mol. The van der Waals surface area contributed by atoms with E-state index in [1.165, 1.54) is 32.2 Å². The predicted molar refractivity (Wildman–Crippen MR) is 72.9 cm³/mol. The van der Waals surface area contributed by atoms with Gasteiger partial charge in [0.25, 0.3) is 0 Å². The molecule has 1 aliphatic heterocycles. The molecule has 1 aliphatic carbocycles. The Labute approximate surface area is 111 Å². The van der Waals surface area contributed by atoms with Gasteiger partial charge in [0.15, 0.2) is 0 Å². The van der Waals surface area contributed by atoms with Gasteiger partial charge in [-0.15, -0.1) is 0 Å². The fourth-order valence-electron chi connectivity index (χ4n) is 2.75. The lowest BCUT2D eigenvalue weighted by Crippen LogP contribution is -2.51. The molecule has 0 amide bonds. The van der Waals surface area contributed by atoms with Gasteiger partial charge in [0, 0.05) is 38.9 Å². The van der Waals surface area contributed by atoms with Crippen molar-refractivity contribution in [2.75, 3.05) is 40.0 Å². The van der Waals surface area contributed by atoms with Crippen LogP contribution >= 0.6 is 0 Å². The highest BCUT2D eigenvalue weighted by Crippen LogP contribution is 2.20. The second-order valence-corrected chi connectivity index (χ2v) is 5.51. The van der Waals surface area contributed by atoms with Crippen LogP contribution in [0.15, 0.2) is 0 Å². The Hall–Kier alpha value is -0.160. The Kier molecular flexibility index (Phi) is 5.89. The van der Waals surface area contributed by atoms with Crippen LogP contribution in [0.5, 0.6) is 0 Å². The average molecular weight is 256 g/mol. The predicted octanol–water partition coefficient (Wildman–Crippen LogP) is 1.25. The van der Waals surface area contributed by atoms with Crippen molar-refractivity contribution in [2.45, 2.75) is 50.8 Å². The summed E-state index contributed by atoms with van der Waals surface area (Å²) >= 11 is 0. The topological polar surface area (TPSA) is 33.7 Å². The van der Waals surface area contributed by atoms with Crippen LogP contribution in [-0.2, 0) is 9.47 Å². The number of rotatable bonds is 8. The minimum Gasteiger partial charge on any atom is -0.383 e. The molecule has 1 heterocycles. The first kappa shape index (κ1) is 14.3. The summed E-state index contributed by atoms with van der Waals surface area (Å²) in [7, 11) is 1.80. The summed E-state index contributed by atoms with van der Waals surface area (Å²) in [5, 5.41) is 3.62. The highest BCUT2D eigenvalue weighted by molar-refractivity contribution is 4.86. The minimum atomic E-state index is 0.420. The fourth-order valence-corrected chi connectivity index (χ4v) is 2.75. The molecule has 4 nitrogen and oxygen atoms in total. The summed E-state index contributed by atoms with van der Waals surface area (Å²) in [6.07, 6.45) is 5.57. The van der Waals surface area contributed by atoms with E-state index < -0.39 is 0 Å². The molecular formula is C14H28N2O2. The zero-order chi connectivity index (χ0) is 12.8. The molecule has 2 atom stereocenters. The highest BCUT2D eigenvalue weighted by Gasteiger charge is 2.28. The van der Waals surface area contributed by atoms with E-state index in [0.717, 1.165) is 32.3 Å². The third-order valence-corrected chi connectivity index (χ3v) is 3.91. The summed E-state index contributed by atoms with van der Waals surface area (Å²) in [6, 6.07) is 1.27. The van der Waals surface area contributed by atoms with Crippen LogP contribution in [0.4, 0.5) is 0 Å². The van der Waals surface area contributed by atoms with Crippen LogP contribution in [0.3, 0.4) is 0 Å². The Morgan fingerprint density at radius 3 is 2.83 bits per heavy atom. The molecule has 0 spiro atoms. The second kappa shape index (κ2) is 7.43. The summed E-state index contributed by atoms with van der Waals surface area (Å²) in [6.45, 7) is 7.03. The van der Waals surface area contributed by atoms with E-state index in [2.05, 4.69) is 17.1 Å². The highest BCUT2D eigenvalue weighted by atomic mass is 16.5. The standard InChI is InChI=1S/C14H28N2O2/c1-3-18-14-5-4-8-16(10-14)13(11-17-2)9-15-12-6-7-12/h12-15H,3-11H2,1-2H3. The summed E-state index contributed by atoms with van der Waals surface area (Å²) in [5.74, 6) is 0. The molecule has 1 saturated carbocycles. The second-order valence-electron chi connectivity index (χ2n) is 5.51. The molecule has 0 aromatic rings. The molecule has 0 aromatic heterocycles. The quantitative estimate of drug-likeness (QED) is 0.709. The first-order chi connectivity index (χ1) is 8.83. The van der Waals surface area contributed by atoms with Gasteiger partial charge in [-0.1, -0.05) is 0 Å². The lowest BCUT2D eigenvalue weighted by molar-refractivity contribution is -0.0191. The van der Waals surface area contributed by atoms with Crippen molar-refractivity contribution in [2.24, 2.45) is 0 Å². The smallest absolute Gasteiger partial charge is 0.0702 e. The number of likely N-dealkylation sites (tertiary alicyclic amines) is 1. The lowest BCUT2D eigenvalue weighted by atomic mass is 10.1. The molecule has 2 rings (SSSR count). The number of nitrogens with zero attached hydrogens (tertiary/aromatic N) is 1. The van der Waals surface area contributed by atoms with Gasteiger partial charge in [-0.05, 0) is 39.2 Å². The van der Waals surface area contributed by atoms with Gasteiger partial charge < -0.3 is 14.8 Å². The Bertz CT molecular complexity index is 232. The zero-order valence-electron chi connectivity index (χ0n) is 11.9. The Morgan fingerprint density at radius 2 is 2.17 bits per heavy atom. The number of ether oxygens (including phenoxy) is 2. The molecular weight excluding hydrogens is 228 g/mol. The van der Waals surface area contributed by atoms with Crippen molar-refractivity contribution in [3.05, 3.63) is 0 Å². The minimum absolute atomic E-state index is 0.420. The van der Waals surface area contributed by atoms with Crippen molar-refractivity contribution >= 4 is 0 Å². The van der Waals surface area contributed by atoms with Gasteiger partial charge in [0.1, 0.15) is 0 Å². The first-order valence-electron chi connectivity index (χ1n) is 7.41. The van der Waals surface area contributed by atoms with Crippen LogP contribution in [0.2, 0.25) is 0 Å². The van der Waals surface area contributed by atoms with E-state index in [1.807, 2.05) is 0 Å². The Balaban J connectivity index is 1.78. The van der Waals surface area contributed by atoms with Crippen molar-refractivity contribution in [1.29, 1.82) is 0 Å². The van der Waals surface area contributed by atoms with Gasteiger partial charge in [0.2, 0.25) is 0 Å². The van der Waals surface area contributed by atoms with E-state index in [9.17, 15) is 0 Å². The fraction of sp³-hybridized carbons (Fsp3) is 1.00. The van der Waals surface area contributed by atoms with E-state index in [4.69, 9.17) is 9.47 Å². The maximum Gasteiger partial charge on any atom is 0.0702 e. The SMILES string of the molecule is CCOC1CCCN(C(CNC2CC2)COC)C1. The zero-order valence-corrected chi connectivity index (χ0v) is 11.9. The van der Waals surface area contributed by atoms with Gasteiger partial charge in [0.05, 0.1) is 12.7 Å². The Morgan fingerprint density at radius 1 is 1.33 bits per heavy atom. The van der Waals surface area contributed by atoms with Crippen LogP contribution in [0, 0.1) is 0 Å². The van der Waals surface area contributed by atoms with Gasteiger partial charge >= 0.3 is 0 Å². The van der Waals surface area contributed by atoms with E-state index >= 15 is 0 Å². The maximum atomic E-state index is 5.78. The summed E-state index contributed by atoms with van der Waals surface area (Å²) in [5.41, 5.74) is 0. The third-order valence-electron chi connectivity index (χ3n) is 3.91. The van der Waals surface area contributed by atoms with E-state index in [0.29, 0.717) is 12.1 Å². The molecule has 18 heavy (non-hydrogen) atoms. The van der Waals surface area contributed by atoms with Crippen molar-refractivity contribution in [3.8, 4) is 0 Å². The molecule has 0 bridgehead atoms. The van der Waals surface area contributed by atoms with Gasteiger partial charge in [-0.25, -0.2) is 0 Å². The molecule has 2 unspecified atom stereocenters. The largest absolute Gasteiger partial charge is 0.383 e. The molecule has 0 aromatic carbocycles. The molecule has 106 valence electrons. The van der Waals surface area contributed by atoms with Crippen LogP contribution in [-0.4, -0.2) is 63.0 Å². The van der Waals surface area contributed by atoms with Crippen LogP contribution < -0.4 is 5.32 Å². The van der Waals surface area contributed by atoms with E-state index in [1.54, 1.807) is 7.11 Å². The van der Waals surface area contributed by atoms with Gasteiger partial charge in [-0.3, -0.25) is 4.90 Å². The summed E-state index contributed by atoms with van der Waals surface area (Å²) in [4.78, 5) is 2.54.